The number of hydrogen-bond donors (Lipinski definition) is 1. The molecule has 0 saturated carbocycles. The van der Waals surface area contributed by atoms with Gasteiger partial charge in [0.2, 0.25) is 0 Å². The lowest BCUT2D eigenvalue weighted by Gasteiger charge is -2.36. The summed E-state index contributed by atoms with van der Waals surface area (Å²) in [5.41, 5.74) is 8.29. The molecule has 1 aliphatic rings. The highest BCUT2D eigenvalue weighted by Gasteiger charge is 2.27. The van der Waals surface area contributed by atoms with Crippen LogP contribution in [0.15, 0.2) is 54.6 Å². The molecule has 25 heavy (non-hydrogen) atoms. The molecule has 0 aliphatic carbocycles. The van der Waals surface area contributed by atoms with Crippen molar-refractivity contribution < 1.29 is 9.53 Å². The Morgan fingerprint density at radius 2 is 1.88 bits per heavy atom. The molecule has 4 heteroatoms. The smallest absolute Gasteiger partial charge is 0.260 e. The second-order valence-corrected chi connectivity index (χ2v) is 6.78. The van der Waals surface area contributed by atoms with Crippen molar-refractivity contribution in [1.82, 2.24) is 4.90 Å². The van der Waals surface area contributed by atoms with E-state index in [4.69, 9.17) is 10.5 Å². The van der Waals surface area contributed by atoms with E-state index in [0.717, 1.165) is 37.1 Å². The standard InChI is InChI=1S/C21H26N2O2/c1-16-13-19(22)11-12-23(16)21(24)15-25-20-10-6-5-9-18(20)14-17-7-3-2-4-8-17/h2-10,16,19H,11-15,22H2,1H3/t16-,19-/m0/s1. The summed E-state index contributed by atoms with van der Waals surface area (Å²) in [4.78, 5) is 14.4. The molecule has 1 aliphatic heterocycles. The SMILES string of the molecule is C[C@H]1C[C@@H](N)CCN1C(=O)COc1ccccc1Cc1ccccc1. The maximum atomic E-state index is 12.5. The lowest BCUT2D eigenvalue weighted by atomic mass is 9.99. The van der Waals surface area contributed by atoms with Crippen LogP contribution in [0.2, 0.25) is 0 Å². The predicted octanol–water partition coefficient (Wildman–Crippen LogP) is 2.99. The van der Waals surface area contributed by atoms with Crippen molar-refractivity contribution in [3.8, 4) is 5.75 Å². The van der Waals surface area contributed by atoms with Gasteiger partial charge in [0.05, 0.1) is 0 Å². The Balaban J connectivity index is 1.62. The predicted molar refractivity (Wildman–Crippen MR) is 99.6 cm³/mol. The van der Waals surface area contributed by atoms with Crippen molar-refractivity contribution in [2.75, 3.05) is 13.2 Å². The number of piperidine rings is 1. The van der Waals surface area contributed by atoms with E-state index in [2.05, 4.69) is 25.1 Å². The number of carbonyl (C=O) groups excluding carboxylic acids is 1. The number of ether oxygens (including phenoxy) is 1. The van der Waals surface area contributed by atoms with Crippen molar-refractivity contribution in [3.05, 3.63) is 65.7 Å². The molecule has 4 nitrogen and oxygen atoms in total. The molecule has 1 saturated heterocycles. The van der Waals surface area contributed by atoms with Crippen LogP contribution in [-0.4, -0.2) is 36.0 Å². The lowest BCUT2D eigenvalue weighted by Crippen LogP contribution is -2.49. The molecular weight excluding hydrogens is 312 g/mol. The van der Waals surface area contributed by atoms with E-state index in [0.29, 0.717) is 0 Å². The highest BCUT2D eigenvalue weighted by Crippen LogP contribution is 2.22. The van der Waals surface area contributed by atoms with Gasteiger partial charge >= 0.3 is 0 Å². The second kappa shape index (κ2) is 8.17. The summed E-state index contributed by atoms with van der Waals surface area (Å²) in [6.07, 6.45) is 2.51. The molecule has 0 unspecified atom stereocenters. The summed E-state index contributed by atoms with van der Waals surface area (Å²) in [7, 11) is 0. The van der Waals surface area contributed by atoms with Crippen molar-refractivity contribution in [1.29, 1.82) is 0 Å². The number of nitrogens with zero attached hydrogens (tertiary/aromatic N) is 1. The maximum Gasteiger partial charge on any atom is 0.260 e. The Kier molecular flexibility index (Phi) is 5.71. The molecule has 2 aromatic rings. The van der Waals surface area contributed by atoms with E-state index in [9.17, 15) is 4.79 Å². The van der Waals surface area contributed by atoms with Crippen LogP contribution >= 0.6 is 0 Å². The van der Waals surface area contributed by atoms with Crippen molar-refractivity contribution >= 4 is 5.91 Å². The molecule has 2 aromatic carbocycles. The van der Waals surface area contributed by atoms with Crippen LogP contribution in [0, 0.1) is 0 Å². The number of hydrogen-bond acceptors (Lipinski definition) is 3. The molecule has 2 atom stereocenters. The van der Waals surface area contributed by atoms with Gasteiger partial charge in [-0.1, -0.05) is 48.5 Å². The summed E-state index contributed by atoms with van der Waals surface area (Å²) < 4.78 is 5.88. The number of amides is 1. The first-order chi connectivity index (χ1) is 12.1. The Bertz CT molecular complexity index is 702. The van der Waals surface area contributed by atoms with Crippen LogP contribution in [-0.2, 0) is 11.2 Å². The molecule has 2 N–H and O–H groups in total. The molecule has 0 radical (unpaired) electrons. The van der Waals surface area contributed by atoms with Gasteiger partial charge in [-0.2, -0.15) is 0 Å². The van der Waals surface area contributed by atoms with Gasteiger partial charge in [0.1, 0.15) is 5.75 Å². The molecule has 0 spiro atoms. The van der Waals surface area contributed by atoms with Gasteiger partial charge in [-0.3, -0.25) is 4.79 Å². The summed E-state index contributed by atoms with van der Waals surface area (Å²) >= 11 is 0. The summed E-state index contributed by atoms with van der Waals surface area (Å²) in [5, 5.41) is 0. The third-order valence-electron chi connectivity index (χ3n) is 4.80. The van der Waals surface area contributed by atoms with Crippen molar-refractivity contribution in [2.24, 2.45) is 5.73 Å². The van der Waals surface area contributed by atoms with E-state index >= 15 is 0 Å². The van der Waals surface area contributed by atoms with Gasteiger partial charge in [0.25, 0.3) is 5.91 Å². The van der Waals surface area contributed by atoms with Crippen LogP contribution in [0.1, 0.15) is 30.9 Å². The van der Waals surface area contributed by atoms with Gasteiger partial charge in [0, 0.05) is 25.0 Å². The van der Waals surface area contributed by atoms with E-state index in [1.165, 1.54) is 5.56 Å². The quantitative estimate of drug-likeness (QED) is 0.912. The molecule has 1 heterocycles. The molecule has 1 fully saturated rings. The molecule has 0 bridgehead atoms. The monoisotopic (exact) mass is 338 g/mol. The average molecular weight is 338 g/mol. The largest absolute Gasteiger partial charge is 0.483 e. The van der Waals surface area contributed by atoms with Crippen molar-refractivity contribution in [3.63, 3.8) is 0 Å². The summed E-state index contributed by atoms with van der Waals surface area (Å²) in [5.74, 6) is 0.815. The van der Waals surface area contributed by atoms with E-state index in [1.54, 1.807) is 0 Å². The average Bonchev–Trinajstić information content (AvgIpc) is 2.61. The second-order valence-electron chi connectivity index (χ2n) is 6.78. The normalized spacial score (nSPS) is 20.3. The molecular formula is C21H26N2O2. The maximum absolute atomic E-state index is 12.5. The zero-order chi connectivity index (χ0) is 17.6. The Labute approximate surface area is 149 Å². The highest BCUT2D eigenvalue weighted by atomic mass is 16.5. The van der Waals surface area contributed by atoms with Crippen LogP contribution < -0.4 is 10.5 Å². The number of likely N-dealkylation sites (tertiary alicyclic amines) is 1. The summed E-state index contributed by atoms with van der Waals surface area (Å²) in [6, 6.07) is 18.6. The highest BCUT2D eigenvalue weighted by molar-refractivity contribution is 5.78. The molecule has 1 amide bonds. The third kappa shape index (κ3) is 4.60. The Hall–Kier alpha value is -2.33. The topological polar surface area (TPSA) is 55.6 Å². The first kappa shape index (κ1) is 17.5. The van der Waals surface area contributed by atoms with Gasteiger partial charge in [-0.05, 0) is 37.0 Å². The Morgan fingerprint density at radius 3 is 2.64 bits per heavy atom. The first-order valence-corrected chi connectivity index (χ1v) is 8.93. The fourth-order valence-corrected chi connectivity index (χ4v) is 3.41. The number of carbonyl (C=O) groups is 1. The van der Waals surface area contributed by atoms with Crippen LogP contribution in [0.25, 0.3) is 0 Å². The van der Waals surface area contributed by atoms with Crippen LogP contribution in [0.4, 0.5) is 0 Å². The van der Waals surface area contributed by atoms with E-state index in [-0.39, 0.29) is 24.6 Å². The minimum atomic E-state index is 0.0360. The van der Waals surface area contributed by atoms with Gasteiger partial charge in [-0.25, -0.2) is 0 Å². The van der Waals surface area contributed by atoms with E-state index < -0.39 is 0 Å². The molecule has 3 rings (SSSR count). The fourth-order valence-electron chi connectivity index (χ4n) is 3.41. The van der Waals surface area contributed by atoms with Crippen LogP contribution in [0.5, 0.6) is 5.75 Å². The zero-order valence-electron chi connectivity index (χ0n) is 14.7. The minimum Gasteiger partial charge on any atom is -0.483 e. The number of nitrogens with two attached hydrogens (primary N) is 1. The Morgan fingerprint density at radius 1 is 1.16 bits per heavy atom. The lowest BCUT2D eigenvalue weighted by molar-refractivity contribution is -0.136. The third-order valence-corrected chi connectivity index (χ3v) is 4.80. The first-order valence-electron chi connectivity index (χ1n) is 8.93. The number of para-hydroxylation sites is 1. The number of benzene rings is 2. The minimum absolute atomic E-state index is 0.0360. The fraction of sp³-hybridized carbons (Fsp3) is 0.381. The zero-order valence-corrected chi connectivity index (χ0v) is 14.7. The van der Waals surface area contributed by atoms with Crippen LogP contribution in [0.3, 0.4) is 0 Å². The van der Waals surface area contributed by atoms with E-state index in [1.807, 2.05) is 41.3 Å². The van der Waals surface area contributed by atoms with Gasteiger partial charge < -0.3 is 15.4 Å². The molecule has 132 valence electrons. The summed E-state index contributed by atoms with van der Waals surface area (Å²) in [6.45, 7) is 2.85. The van der Waals surface area contributed by atoms with Crippen molar-refractivity contribution in [2.45, 2.75) is 38.3 Å². The molecule has 0 aromatic heterocycles. The van der Waals surface area contributed by atoms with Gasteiger partial charge in [-0.15, -0.1) is 0 Å². The number of rotatable bonds is 5. The van der Waals surface area contributed by atoms with Gasteiger partial charge in [0.15, 0.2) is 6.61 Å².